The molecule has 0 radical (unpaired) electrons. The first-order valence-corrected chi connectivity index (χ1v) is 5.99. The van der Waals surface area contributed by atoms with Crippen LogP contribution in [0.15, 0.2) is 6.07 Å². The molecule has 1 fully saturated rings. The van der Waals surface area contributed by atoms with Crippen molar-refractivity contribution in [3.63, 3.8) is 0 Å². The van der Waals surface area contributed by atoms with Gasteiger partial charge in [0.05, 0.1) is 11.4 Å². The van der Waals surface area contributed by atoms with Crippen molar-refractivity contribution in [3.8, 4) is 0 Å². The normalized spacial score (nSPS) is 16.2. The predicted molar refractivity (Wildman–Crippen MR) is 69.3 cm³/mol. The van der Waals surface area contributed by atoms with E-state index in [0.29, 0.717) is 16.7 Å². The molecule has 4 nitrogen and oxygen atoms in total. The van der Waals surface area contributed by atoms with Crippen molar-refractivity contribution in [2.75, 3.05) is 36.1 Å². The van der Waals surface area contributed by atoms with Crippen LogP contribution in [0.25, 0.3) is 0 Å². The van der Waals surface area contributed by atoms with E-state index in [9.17, 15) is 0 Å². The number of anilines is 3. The van der Waals surface area contributed by atoms with E-state index in [-0.39, 0.29) is 0 Å². The fourth-order valence-corrected chi connectivity index (χ4v) is 2.29. The molecule has 1 aromatic rings. The highest BCUT2D eigenvalue weighted by Gasteiger charge is 2.16. The maximum Gasteiger partial charge on any atom is 0.152 e. The number of hydrogen-bond acceptors (Lipinski definition) is 4. The van der Waals surface area contributed by atoms with Crippen LogP contribution in [-0.2, 0) is 0 Å². The summed E-state index contributed by atoms with van der Waals surface area (Å²) in [4.78, 5) is 6.43. The zero-order valence-corrected chi connectivity index (χ0v) is 10.2. The Hall–Kier alpha value is -1.16. The van der Waals surface area contributed by atoms with Gasteiger partial charge in [-0.25, -0.2) is 4.98 Å². The molecular formula is C11H17ClN4. The molecule has 0 atom stereocenters. The van der Waals surface area contributed by atoms with E-state index in [2.05, 4.69) is 15.2 Å². The molecule has 16 heavy (non-hydrogen) atoms. The van der Waals surface area contributed by atoms with Crippen molar-refractivity contribution in [1.29, 1.82) is 0 Å². The van der Waals surface area contributed by atoms with Gasteiger partial charge in [0.2, 0.25) is 0 Å². The van der Waals surface area contributed by atoms with E-state index in [1.807, 2.05) is 6.07 Å². The summed E-state index contributed by atoms with van der Waals surface area (Å²) in [5.41, 5.74) is 7.76. The molecule has 2 rings (SSSR count). The van der Waals surface area contributed by atoms with Crippen molar-refractivity contribution < 1.29 is 0 Å². The number of nitrogens with one attached hydrogen (secondary N) is 1. The van der Waals surface area contributed by atoms with E-state index in [4.69, 9.17) is 17.3 Å². The maximum atomic E-state index is 6.07. The standard InChI is InChI=1S/C11H17ClN4/c1-14-11-10(13)8(7-9(12)15-11)16-5-3-2-4-6-16/h7H,2-6,13H2,1H3,(H,14,15). The van der Waals surface area contributed by atoms with Crippen LogP contribution in [0.4, 0.5) is 17.2 Å². The molecule has 88 valence electrons. The first kappa shape index (κ1) is 11.3. The van der Waals surface area contributed by atoms with E-state index >= 15 is 0 Å². The maximum absolute atomic E-state index is 6.07. The average Bonchev–Trinajstić information content (AvgIpc) is 2.33. The lowest BCUT2D eigenvalue weighted by Crippen LogP contribution is -2.30. The number of rotatable bonds is 2. The van der Waals surface area contributed by atoms with Crippen molar-refractivity contribution >= 4 is 28.8 Å². The number of hydrogen-bond donors (Lipinski definition) is 2. The van der Waals surface area contributed by atoms with Gasteiger partial charge in [0.25, 0.3) is 0 Å². The summed E-state index contributed by atoms with van der Waals surface area (Å²) in [7, 11) is 1.80. The van der Waals surface area contributed by atoms with Crippen molar-refractivity contribution in [1.82, 2.24) is 4.98 Å². The molecule has 0 aliphatic carbocycles. The van der Waals surface area contributed by atoms with Crippen LogP contribution in [0.5, 0.6) is 0 Å². The summed E-state index contributed by atoms with van der Waals surface area (Å²) in [5, 5.41) is 3.45. The summed E-state index contributed by atoms with van der Waals surface area (Å²) in [6.45, 7) is 2.10. The first-order valence-electron chi connectivity index (χ1n) is 5.61. The van der Waals surface area contributed by atoms with Crippen molar-refractivity contribution in [2.24, 2.45) is 0 Å². The second-order valence-electron chi connectivity index (χ2n) is 4.02. The minimum Gasteiger partial charge on any atom is -0.394 e. The molecule has 0 unspecified atom stereocenters. The average molecular weight is 241 g/mol. The van der Waals surface area contributed by atoms with Gasteiger partial charge in [0, 0.05) is 26.2 Å². The summed E-state index contributed by atoms with van der Waals surface area (Å²) >= 11 is 5.99. The summed E-state index contributed by atoms with van der Waals surface area (Å²) in [5.74, 6) is 0.660. The highest BCUT2D eigenvalue weighted by atomic mass is 35.5. The molecule has 1 aromatic heterocycles. The zero-order valence-electron chi connectivity index (χ0n) is 9.46. The first-order chi connectivity index (χ1) is 7.72. The number of halogens is 1. The van der Waals surface area contributed by atoms with Crippen LogP contribution in [-0.4, -0.2) is 25.1 Å². The highest BCUT2D eigenvalue weighted by molar-refractivity contribution is 6.30. The van der Waals surface area contributed by atoms with Gasteiger partial charge in [-0.3, -0.25) is 0 Å². The molecule has 0 bridgehead atoms. The van der Waals surface area contributed by atoms with Crippen LogP contribution < -0.4 is 16.0 Å². The third-order valence-electron chi connectivity index (χ3n) is 2.94. The fraction of sp³-hybridized carbons (Fsp3) is 0.545. The zero-order chi connectivity index (χ0) is 11.5. The monoisotopic (exact) mass is 240 g/mol. The Bertz CT molecular complexity index is 374. The van der Waals surface area contributed by atoms with Crippen molar-refractivity contribution in [3.05, 3.63) is 11.2 Å². The Kier molecular flexibility index (Phi) is 3.39. The smallest absolute Gasteiger partial charge is 0.152 e. The van der Waals surface area contributed by atoms with Gasteiger partial charge in [-0.1, -0.05) is 11.6 Å². The topological polar surface area (TPSA) is 54.2 Å². The van der Waals surface area contributed by atoms with E-state index in [1.54, 1.807) is 7.05 Å². The lowest BCUT2D eigenvalue weighted by Gasteiger charge is -2.30. The Balaban J connectivity index is 2.34. The minimum absolute atomic E-state index is 0.485. The molecule has 0 spiro atoms. The van der Waals surface area contributed by atoms with Crippen LogP contribution >= 0.6 is 11.6 Å². The van der Waals surface area contributed by atoms with Gasteiger partial charge in [-0.05, 0) is 19.3 Å². The fourth-order valence-electron chi connectivity index (χ4n) is 2.10. The predicted octanol–water partition coefficient (Wildman–Crippen LogP) is 2.35. The van der Waals surface area contributed by atoms with Gasteiger partial charge in [0.15, 0.2) is 5.82 Å². The Morgan fingerprint density at radius 2 is 2.06 bits per heavy atom. The number of pyridine rings is 1. The summed E-state index contributed by atoms with van der Waals surface area (Å²) in [6.07, 6.45) is 3.73. The van der Waals surface area contributed by atoms with Gasteiger partial charge in [-0.15, -0.1) is 0 Å². The summed E-state index contributed by atoms with van der Waals surface area (Å²) in [6, 6.07) is 1.85. The van der Waals surface area contributed by atoms with Crippen LogP contribution in [0.1, 0.15) is 19.3 Å². The lowest BCUT2D eigenvalue weighted by molar-refractivity contribution is 0.578. The third-order valence-corrected chi connectivity index (χ3v) is 3.13. The summed E-state index contributed by atoms with van der Waals surface area (Å²) < 4.78 is 0. The second-order valence-corrected chi connectivity index (χ2v) is 4.41. The Morgan fingerprint density at radius 3 is 2.69 bits per heavy atom. The molecule has 2 heterocycles. The lowest BCUT2D eigenvalue weighted by atomic mass is 10.1. The number of piperidine rings is 1. The van der Waals surface area contributed by atoms with Crippen LogP contribution in [0.2, 0.25) is 5.15 Å². The van der Waals surface area contributed by atoms with Crippen LogP contribution in [0.3, 0.4) is 0 Å². The van der Waals surface area contributed by atoms with E-state index < -0.39 is 0 Å². The largest absolute Gasteiger partial charge is 0.394 e. The molecule has 1 saturated heterocycles. The minimum atomic E-state index is 0.485. The Labute approximate surface area is 101 Å². The van der Waals surface area contributed by atoms with Gasteiger partial charge >= 0.3 is 0 Å². The number of nitrogens with zero attached hydrogens (tertiary/aromatic N) is 2. The third kappa shape index (κ3) is 2.16. The van der Waals surface area contributed by atoms with Gasteiger partial charge in [-0.2, -0.15) is 0 Å². The van der Waals surface area contributed by atoms with E-state index in [1.165, 1.54) is 19.3 Å². The number of nitrogen functional groups attached to an aromatic ring is 1. The van der Waals surface area contributed by atoms with E-state index in [0.717, 1.165) is 18.8 Å². The molecule has 3 N–H and O–H groups in total. The van der Waals surface area contributed by atoms with Gasteiger partial charge in [0.1, 0.15) is 5.15 Å². The number of nitrogens with two attached hydrogens (primary N) is 1. The molecular weight excluding hydrogens is 224 g/mol. The molecule has 0 saturated carbocycles. The molecule has 0 aromatic carbocycles. The Morgan fingerprint density at radius 1 is 1.38 bits per heavy atom. The molecule has 1 aliphatic rings. The highest BCUT2D eigenvalue weighted by Crippen LogP contribution is 2.33. The molecule has 0 amide bonds. The van der Waals surface area contributed by atoms with Crippen LogP contribution in [0, 0.1) is 0 Å². The SMILES string of the molecule is CNc1nc(Cl)cc(N2CCCCC2)c1N. The second kappa shape index (κ2) is 4.78. The molecule has 5 heteroatoms. The van der Waals surface area contributed by atoms with Crippen molar-refractivity contribution in [2.45, 2.75) is 19.3 Å². The van der Waals surface area contributed by atoms with Gasteiger partial charge < -0.3 is 16.0 Å². The molecule has 1 aliphatic heterocycles. The number of aromatic nitrogens is 1. The quantitative estimate of drug-likeness (QED) is 0.780.